The summed E-state index contributed by atoms with van der Waals surface area (Å²) in [5, 5.41) is 2.48. The summed E-state index contributed by atoms with van der Waals surface area (Å²) in [5.74, 6) is 1.24. The zero-order valence-electron chi connectivity index (χ0n) is 28.3. The monoisotopic (exact) mass is 795 g/mol. The van der Waals surface area contributed by atoms with Crippen LogP contribution in [0.15, 0.2) is 97.1 Å². The topological polar surface area (TPSA) is 25.8 Å². The van der Waals surface area contributed by atoms with E-state index in [0.717, 1.165) is 11.0 Å². The van der Waals surface area contributed by atoms with E-state index >= 15 is 0 Å². The molecule has 8 rings (SSSR count). The molecule has 2 heterocycles. The minimum Gasteiger partial charge on any atom is -0.252 e. The van der Waals surface area contributed by atoms with Crippen LogP contribution in [0.5, 0.6) is 0 Å². The van der Waals surface area contributed by atoms with E-state index < -0.39 is 0 Å². The molecule has 2 aliphatic rings. The third-order valence-electron chi connectivity index (χ3n) is 10.8. The van der Waals surface area contributed by atoms with Crippen LogP contribution >= 0.6 is 0 Å². The Labute approximate surface area is 294 Å². The molecule has 0 bridgehead atoms. The molecule has 2 nitrogen and oxygen atoms in total. The zero-order valence-corrected chi connectivity index (χ0v) is 30.7. The van der Waals surface area contributed by atoms with Crippen molar-refractivity contribution in [2.75, 3.05) is 0 Å². The molecule has 2 aromatic heterocycles. The number of rotatable bonds is 4. The number of hydrogen-bond acceptors (Lipinski definition) is 2. The quantitative estimate of drug-likeness (QED) is 0.178. The predicted octanol–water partition coefficient (Wildman–Crippen LogP) is 12.3. The number of fused-ring (bicyclic) bond motifs is 2. The van der Waals surface area contributed by atoms with E-state index in [1.165, 1.54) is 118 Å². The molecule has 4 aromatic carbocycles. The summed E-state index contributed by atoms with van der Waals surface area (Å²) in [6.07, 6.45) is 10.5. The molecular weight excluding hydrogens is 749 g/mol. The number of pyridine rings is 2. The van der Waals surface area contributed by atoms with Crippen molar-refractivity contribution in [2.45, 2.75) is 90.9 Å². The Morgan fingerprint density at radius 3 is 1.23 bits per heavy atom. The van der Waals surface area contributed by atoms with Gasteiger partial charge < -0.3 is 0 Å². The van der Waals surface area contributed by atoms with Crippen molar-refractivity contribution in [3.05, 3.63) is 131 Å². The summed E-state index contributed by atoms with van der Waals surface area (Å²) in [6.45, 7) is 8.86. The fourth-order valence-corrected chi connectivity index (χ4v) is 7.80. The Hall–Kier alpha value is -3.65. The number of aromatic nitrogens is 2. The molecule has 0 aliphatic heterocycles. The molecule has 3 heteroatoms. The summed E-state index contributed by atoms with van der Waals surface area (Å²) >= 11 is 0. The van der Waals surface area contributed by atoms with Gasteiger partial charge in [-0.3, -0.25) is 9.97 Å². The average molecular weight is 795 g/mol. The smallest absolute Gasteiger partial charge is 0.252 e. The molecule has 0 spiro atoms. The SMILES string of the molecule is Cc1cccc(-c2cc3ccccc3nc2C2CCCC2)c1C.Cc1cccc(-c2cc3ccccc3nc2C2CCCC2)c1C.[Ir+3]. The van der Waals surface area contributed by atoms with Gasteiger partial charge in [-0.2, -0.15) is 0 Å². The fourth-order valence-electron chi connectivity index (χ4n) is 7.80. The van der Waals surface area contributed by atoms with Gasteiger partial charge in [-0.05, 0) is 111 Å². The second-order valence-electron chi connectivity index (χ2n) is 13.7. The molecule has 2 saturated carbocycles. The molecule has 0 atom stereocenters. The number of aryl methyl sites for hydroxylation is 2. The molecule has 0 unspecified atom stereocenters. The Morgan fingerprint density at radius 1 is 0.447 bits per heavy atom. The van der Waals surface area contributed by atoms with E-state index in [4.69, 9.17) is 9.97 Å². The van der Waals surface area contributed by atoms with E-state index in [1.807, 2.05) is 0 Å². The standard InChI is InChI=1S/2C22H23N.Ir/c2*1-15-8-7-12-19(16(15)2)20-14-18-11-5-6-13-21(18)23-22(20)17-9-3-4-10-17;/h2*5-8,11-14,17H,3-4,9-10H2,1-2H3;/q;;+3. The van der Waals surface area contributed by atoms with Crippen molar-refractivity contribution in [3.63, 3.8) is 0 Å². The molecule has 6 aromatic rings. The summed E-state index contributed by atoms with van der Waals surface area (Å²) in [6, 6.07) is 35.0. The molecule has 2 aliphatic carbocycles. The van der Waals surface area contributed by atoms with Crippen molar-refractivity contribution in [1.29, 1.82) is 0 Å². The first kappa shape index (κ1) is 33.3. The normalized spacial score (nSPS) is 15.1. The molecule has 0 amide bonds. The van der Waals surface area contributed by atoms with Gasteiger partial charge in [0.2, 0.25) is 0 Å². The van der Waals surface area contributed by atoms with Crippen LogP contribution < -0.4 is 0 Å². The first-order chi connectivity index (χ1) is 22.5. The van der Waals surface area contributed by atoms with Gasteiger partial charge in [-0.1, -0.05) is 98.5 Å². The van der Waals surface area contributed by atoms with Crippen LogP contribution in [0.1, 0.15) is 96.8 Å². The second-order valence-corrected chi connectivity index (χ2v) is 13.7. The van der Waals surface area contributed by atoms with Crippen LogP contribution in [0.25, 0.3) is 44.1 Å². The van der Waals surface area contributed by atoms with E-state index in [2.05, 4.69) is 125 Å². The maximum absolute atomic E-state index is 5.10. The first-order valence-corrected chi connectivity index (χ1v) is 17.4. The van der Waals surface area contributed by atoms with Crippen molar-refractivity contribution in [3.8, 4) is 22.3 Å². The van der Waals surface area contributed by atoms with Crippen LogP contribution in [0.4, 0.5) is 0 Å². The van der Waals surface area contributed by atoms with Crippen molar-refractivity contribution >= 4 is 21.8 Å². The van der Waals surface area contributed by atoms with Gasteiger partial charge in [0, 0.05) is 33.7 Å². The molecule has 47 heavy (non-hydrogen) atoms. The minimum atomic E-state index is 0. The summed E-state index contributed by atoms with van der Waals surface area (Å²) < 4.78 is 0. The van der Waals surface area contributed by atoms with Gasteiger partial charge in [0.25, 0.3) is 0 Å². The van der Waals surface area contributed by atoms with Crippen molar-refractivity contribution in [1.82, 2.24) is 9.97 Å². The number of para-hydroxylation sites is 2. The molecule has 0 saturated heterocycles. The van der Waals surface area contributed by atoms with Crippen LogP contribution in [0, 0.1) is 27.7 Å². The summed E-state index contributed by atoms with van der Waals surface area (Å²) in [7, 11) is 0. The summed E-state index contributed by atoms with van der Waals surface area (Å²) in [5.41, 5.74) is 15.7. The average Bonchev–Trinajstić information content (AvgIpc) is 3.82. The van der Waals surface area contributed by atoms with Crippen LogP contribution in [-0.2, 0) is 20.1 Å². The Balaban J connectivity index is 0.000000161. The maximum Gasteiger partial charge on any atom is 3.00 e. The number of benzene rings is 4. The molecule has 238 valence electrons. The largest absolute Gasteiger partial charge is 3.00 e. The van der Waals surface area contributed by atoms with Gasteiger partial charge in [-0.25, -0.2) is 0 Å². The van der Waals surface area contributed by atoms with Gasteiger partial charge in [-0.15, -0.1) is 0 Å². The van der Waals surface area contributed by atoms with Crippen molar-refractivity contribution < 1.29 is 20.1 Å². The van der Waals surface area contributed by atoms with Gasteiger partial charge in [0.15, 0.2) is 0 Å². The summed E-state index contributed by atoms with van der Waals surface area (Å²) in [4.78, 5) is 10.2. The molecule has 0 radical (unpaired) electrons. The molecule has 0 N–H and O–H groups in total. The van der Waals surface area contributed by atoms with E-state index in [0.29, 0.717) is 11.8 Å². The van der Waals surface area contributed by atoms with E-state index in [1.54, 1.807) is 0 Å². The second kappa shape index (κ2) is 14.6. The minimum absolute atomic E-state index is 0. The van der Waals surface area contributed by atoms with E-state index in [9.17, 15) is 0 Å². The van der Waals surface area contributed by atoms with Crippen LogP contribution in [-0.4, -0.2) is 9.97 Å². The third kappa shape index (κ3) is 6.85. The fraction of sp³-hybridized carbons (Fsp3) is 0.318. The Kier molecular flexibility index (Phi) is 10.4. The van der Waals surface area contributed by atoms with Gasteiger partial charge >= 0.3 is 20.1 Å². The zero-order chi connectivity index (χ0) is 31.6. The third-order valence-corrected chi connectivity index (χ3v) is 10.8. The number of hydrogen-bond donors (Lipinski definition) is 0. The maximum atomic E-state index is 5.10. The first-order valence-electron chi connectivity index (χ1n) is 17.4. The predicted molar refractivity (Wildman–Crippen MR) is 196 cm³/mol. The van der Waals surface area contributed by atoms with E-state index in [-0.39, 0.29) is 20.1 Å². The molecular formula is C44H46IrN2+3. The Morgan fingerprint density at radius 2 is 0.830 bits per heavy atom. The molecule has 2 fully saturated rings. The Bertz CT molecular complexity index is 1870. The van der Waals surface area contributed by atoms with Crippen molar-refractivity contribution in [2.24, 2.45) is 0 Å². The van der Waals surface area contributed by atoms with Crippen LogP contribution in [0.3, 0.4) is 0 Å². The number of nitrogens with zero attached hydrogens (tertiary/aromatic N) is 2. The van der Waals surface area contributed by atoms with Gasteiger partial charge in [0.1, 0.15) is 0 Å². The van der Waals surface area contributed by atoms with Gasteiger partial charge in [0.05, 0.1) is 22.4 Å². The van der Waals surface area contributed by atoms with Crippen LogP contribution in [0.2, 0.25) is 0 Å².